The Bertz CT molecular complexity index is 1400. The van der Waals surface area contributed by atoms with Crippen molar-refractivity contribution in [2.75, 3.05) is 0 Å². The molecular weight excluding hydrogens is 336 g/mol. The van der Waals surface area contributed by atoms with Crippen molar-refractivity contribution in [3.63, 3.8) is 0 Å². The third kappa shape index (κ3) is 1.60. The van der Waals surface area contributed by atoms with E-state index < -0.39 is 12.2 Å². The summed E-state index contributed by atoms with van der Waals surface area (Å²) in [5.74, 6) is 0. The monoisotopic (exact) mass is 352 g/mol. The largest absolute Gasteiger partial charge is 0.387 e. The van der Waals surface area contributed by atoms with Gasteiger partial charge in [-0.05, 0) is 60.3 Å². The van der Waals surface area contributed by atoms with Crippen LogP contribution in [0.3, 0.4) is 0 Å². The molecule has 2 unspecified atom stereocenters. The number of fused-ring (bicyclic) bond motifs is 7. The van der Waals surface area contributed by atoms with Gasteiger partial charge >= 0.3 is 0 Å². The fraction of sp³-hybridized carbons (Fsp3) is 0.167. The molecule has 0 bridgehead atoms. The normalized spacial score (nSPS) is 26.7. The van der Waals surface area contributed by atoms with Crippen LogP contribution in [0, 0.1) is 0 Å². The molecule has 2 N–H and O–H groups in total. The van der Waals surface area contributed by atoms with E-state index in [4.69, 9.17) is 4.74 Å². The minimum Gasteiger partial charge on any atom is -0.387 e. The molecule has 7 rings (SSSR count). The van der Waals surface area contributed by atoms with Crippen LogP contribution < -0.4 is 0 Å². The predicted molar refractivity (Wildman–Crippen MR) is 106 cm³/mol. The topological polar surface area (TPSA) is 53.0 Å². The molecule has 0 amide bonds. The smallest absolute Gasteiger partial charge is 0.118 e. The highest BCUT2D eigenvalue weighted by atomic mass is 16.6. The molecular formula is C24H16O3. The van der Waals surface area contributed by atoms with E-state index in [1.54, 1.807) is 0 Å². The number of rotatable bonds is 0. The molecule has 0 radical (unpaired) electrons. The maximum atomic E-state index is 10.8. The standard InChI is InChI=1S/C24H16O3/c25-21-16-10-12-9-8-11-4-3-7-14-13-5-1-2-6-15(13)19(18(12)17(11)14)20(16)23-24(27-23)22(21)26/h1-10,21-26H/t21-,22+,23?,24?/m0/s1. The molecule has 0 aromatic heterocycles. The average molecular weight is 352 g/mol. The Morgan fingerprint density at radius 3 is 2.33 bits per heavy atom. The lowest BCUT2D eigenvalue weighted by Gasteiger charge is -2.26. The lowest BCUT2D eigenvalue weighted by molar-refractivity contribution is 0.000167. The molecule has 2 aliphatic rings. The zero-order valence-corrected chi connectivity index (χ0v) is 14.4. The van der Waals surface area contributed by atoms with Crippen LogP contribution in [0.2, 0.25) is 0 Å². The van der Waals surface area contributed by atoms with E-state index in [0.29, 0.717) is 0 Å². The molecule has 1 fully saturated rings. The van der Waals surface area contributed by atoms with E-state index in [0.717, 1.165) is 16.5 Å². The van der Waals surface area contributed by atoms with Crippen molar-refractivity contribution in [1.29, 1.82) is 0 Å². The van der Waals surface area contributed by atoms with Crippen LogP contribution in [0.4, 0.5) is 0 Å². The summed E-state index contributed by atoms with van der Waals surface area (Å²) in [5, 5.41) is 30.8. The number of hydrogen-bond donors (Lipinski definition) is 2. The van der Waals surface area contributed by atoms with E-state index in [1.807, 2.05) is 6.07 Å². The molecule has 130 valence electrons. The van der Waals surface area contributed by atoms with Crippen LogP contribution >= 0.6 is 0 Å². The van der Waals surface area contributed by atoms with E-state index in [2.05, 4.69) is 54.6 Å². The van der Waals surface area contributed by atoms with Crippen LogP contribution in [-0.4, -0.2) is 22.4 Å². The average Bonchev–Trinajstić information content (AvgIpc) is 3.51. The van der Waals surface area contributed by atoms with Gasteiger partial charge < -0.3 is 14.9 Å². The van der Waals surface area contributed by atoms with E-state index in [1.165, 1.54) is 37.7 Å². The summed E-state index contributed by atoms with van der Waals surface area (Å²) in [6.07, 6.45) is -2.21. The van der Waals surface area contributed by atoms with Crippen molar-refractivity contribution in [1.82, 2.24) is 0 Å². The minimum absolute atomic E-state index is 0.133. The SMILES string of the molecule is O[C@H]1c2cc3ccc4cccc5c6ccccc6c(c2C2OC2[C@@H]1O)c3c45. The van der Waals surface area contributed by atoms with Crippen molar-refractivity contribution in [2.24, 2.45) is 0 Å². The van der Waals surface area contributed by atoms with Crippen LogP contribution in [0.5, 0.6) is 0 Å². The summed E-state index contributed by atoms with van der Waals surface area (Å²) in [6, 6.07) is 21.3. The first-order chi connectivity index (χ1) is 13.2. The predicted octanol–water partition coefficient (Wildman–Crippen LogP) is 4.59. The quantitative estimate of drug-likeness (QED) is 0.244. The summed E-state index contributed by atoms with van der Waals surface area (Å²) in [5.41, 5.74) is 1.86. The highest BCUT2D eigenvalue weighted by Crippen LogP contribution is 2.55. The molecule has 1 aliphatic heterocycles. The minimum atomic E-state index is -0.913. The second kappa shape index (κ2) is 4.57. The zero-order chi connectivity index (χ0) is 17.9. The number of hydrogen-bond acceptors (Lipinski definition) is 3. The second-order valence-corrected chi connectivity index (χ2v) is 7.82. The molecule has 3 nitrogen and oxygen atoms in total. The number of aliphatic hydroxyl groups is 2. The Labute approximate surface area is 154 Å². The summed E-state index contributed by atoms with van der Waals surface area (Å²) >= 11 is 0. The van der Waals surface area contributed by atoms with Crippen LogP contribution in [0.1, 0.15) is 23.3 Å². The van der Waals surface area contributed by atoms with Gasteiger partial charge in [0, 0.05) is 0 Å². The lowest BCUT2D eigenvalue weighted by Crippen LogP contribution is -2.29. The van der Waals surface area contributed by atoms with Gasteiger partial charge in [-0.25, -0.2) is 0 Å². The van der Waals surface area contributed by atoms with Crippen molar-refractivity contribution in [2.45, 2.75) is 24.4 Å². The molecule has 27 heavy (non-hydrogen) atoms. The summed E-state index contributed by atoms with van der Waals surface area (Å²) in [6.45, 7) is 0. The van der Waals surface area contributed by atoms with Gasteiger partial charge in [0.1, 0.15) is 24.4 Å². The van der Waals surface area contributed by atoms with Crippen LogP contribution in [-0.2, 0) is 4.74 Å². The van der Waals surface area contributed by atoms with Gasteiger partial charge in [-0.3, -0.25) is 0 Å². The Kier molecular flexibility index (Phi) is 2.43. The third-order valence-corrected chi connectivity index (χ3v) is 6.49. The van der Waals surface area contributed by atoms with Crippen molar-refractivity contribution in [3.8, 4) is 0 Å². The molecule has 4 atom stereocenters. The molecule has 1 saturated heterocycles. The van der Waals surface area contributed by atoms with Gasteiger partial charge in [-0.2, -0.15) is 0 Å². The Morgan fingerprint density at radius 1 is 0.704 bits per heavy atom. The van der Waals surface area contributed by atoms with Gasteiger partial charge in [0.25, 0.3) is 0 Å². The maximum absolute atomic E-state index is 10.8. The van der Waals surface area contributed by atoms with Gasteiger partial charge in [-0.1, -0.05) is 54.6 Å². The summed E-state index contributed by atoms with van der Waals surface area (Å²) in [7, 11) is 0. The summed E-state index contributed by atoms with van der Waals surface area (Å²) in [4.78, 5) is 0. The van der Waals surface area contributed by atoms with Crippen LogP contribution in [0.25, 0.3) is 43.1 Å². The van der Waals surface area contributed by atoms with E-state index in [-0.39, 0.29) is 12.2 Å². The number of epoxide rings is 1. The number of aliphatic hydroxyl groups excluding tert-OH is 2. The third-order valence-electron chi connectivity index (χ3n) is 6.49. The van der Waals surface area contributed by atoms with Gasteiger partial charge in [0.2, 0.25) is 0 Å². The molecule has 0 spiro atoms. The van der Waals surface area contributed by atoms with E-state index >= 15 is 0 Å². The molecule has 1 aliphatic carbocycles. The second-order valence-electron chi connectivity index (χ2n) is 7.82. The van der Waals surface area contributed by atoms with E-state index in [9.17, 15) is 10.2 Å². The van der Waals surface area contributed by atoms with Gasteiger partial charge in [-0.15, -0.1) is 0 Å². The van der Waals surface area contributed by atoms with Crippen molar-refractivity contribution < 1.29 is 14.9 Å². The Hall–Kier alpha value is -2.72. The first kappa shape index (κ1) is 14.4. The van der Waals surface area contributed by atoms with Crippen molar-refractivity contribution in [3.05, 3.63) is 71.8 Å². The Morgan fingerprint density at radius 2 is 1.44 bits per heavy atom. The first-order valence-electron chi connectivity index (χ1n) is 9.37. The lowest BCUT2D eigenvalue weighted by atomic mass is 9.79. The van der Waals surface area contributed by atoms with Gasteiger partial charge in [0.15, 0.2) is 0 Å². The zero-order valence-electron chi connectivity index (χ0n) is 14.4. The highest BCUT2D eigenvalue weighted by molar-refractivity contribution is 6.34. The molecule has 5 aromatic carbocycles. The summed E-state index contributed by atoms with van der Waals surface area (Å²) < 4.78 is 5.82. The fourth-order valence-electron chi connectivity index (χ4n) is 5.28. The molecule has 1 heterocycles. The maximum Gasteiger partial charge on any atom is 0.118 e. The molecule has 0 saturated carbocycles. The molecule has 5 aromatic rings. The van der Waals surface area contributed by atoms with Gasteiger partial charge in [0.05, 0.1) is 0 Å². The van der Waals surface area contributed by atoms with Crippen molar-refractivity contribution >= 4 is 43.1 Å². The number of ether oxygens (including phenoxy) is 1. The number of benzene rings is 5. The van der Waals surface area contributed by atoms with Crippen LogP contribution in [0.15, 0.2) is 60.7 Å². The fourth-order valence-corrected chi connectivity index (χ4v) is 5.28. The Balaban J connectivity index is 1.84. The highest BCUT2D eigenvalue weighted by Gasteiger charge is 2.54. The molecule has 3 heteroatoms. The first-order valence-corrected chi connectivity index (χ1v) is 9.37.